The average Bonchev–Trinajstić information content (AvgIpc) is 2.54. The van der Waals surface area contributed by atoms with E-state index in [9.17, 15) is 13.6 Å². The number of nitrogens with one attached hydrogen (secondary N) is 1. The zero-order chi connectivity index (χ0) is 19.3. The number of nitrogens with zero attached hydrogens (tertiary/aromatic N) is 1. The Kier molecular flexibility index (Phi) is 6.75. The van der Waals surface area contributed by atoms with E-state index in [0.717, 1.165) is 24.5 Å². The number of likely N-dealkylation sites (tertiary alicyclic amines) is 1. The van der Waals surface area contributed by atoms with Crippen LogP contribution in [0.3, 0.4) is 0 Å². The standard InChI is InChI=1S/C20H28F2N2O2/c1-14(10-15-7-8-16(21)11-18(15)22)12-23-17-6-5-9-24(13-17)19(25)26-20(2,3)4/h7-8,10-11,17,23H,5-6,9,12-13H2,1-4H3. The minimum atomic E-state index is -0.583. The van der Waals surface area contributed by atoms with Crippen LogP contribution < -0.4 is 5.32 Å². The molecule has 0 saturated carbocycles. The van der Waals surface area contributed by atoms with Crippen LogP contribution in [-0.4, -0.2) is 42.3 Å². The maximum atomic E-state index is 13.7. The van der Waals surface area contributed by atoms with E-state index in [1.807, 2.05) is 27.7 Å². The molecule has 1 aromatic carbocycles. The molecule has 0 spiro atoms. The molecule has 1 aromatic rings. The second kappa shape index (κ2) is 8.62. The summed E-state index contributed by atoms with van der Waals surface area (Å²) in [4.78, 5) is 13.9. The molecule has 0 bridgehead atoms. The molecule has 1 fully saturated rings. The summed E-state index contributed by atoms with van der Waals surface area (Å²) >= 11 is 0. The van der Waals surface area contributed by atoms with Crippen molar-refractivity contribution in [2.45, 2.75) is 52.2 Å². The number of rotatable bonds is 4. The predicted molar refractivity (Wildman–Crippen MR) is 98.8 cm³/mol. The first-order valence-electron chi connectivity index (χ1n) is 8.97. The van der Waals surface area contributed by atoms with E-state index in [-0.39, 0.29) is 12.1 Å². The van der Waals surface area contributed by atoms with Gasteiger partial charge in [0.1, 0.15) is 17.2 Å². The maximum Gasteiger partial charge on any atom is 0.410 e. The van der Waals surface area contributed by atoms with Crippen LogP contribution in [-0.2, 0) is 4.74 Å². The van der Waals surface area contributed by atoms with Crippen LogP contribution in [0.1, 0.15) is 46.1 Å². The largest absolute Gasteiger partial charge is 0.444 e. The summed E-state index contributed by atoms with van der Waals surface area (Å²) in [5, 5.41) is 3.41. The van der Waals surface area contributed by atoms with E-state index >= 15 is 0 Å². The summed E-state index contributed by atoms with van der Waals surface area (Å²) in [6, 6.07) is 3.72. The number of benzene rings is 1. The van der Waals surface area contributed by atoms with Gasteiger partial charge in [-0.05, 0) is 52.7 Å². The highest BCUT2D eigenvalue weighted by Crippen LogP contribution is 2.16. The molecule has 4 nitrogen and oxygen atoms in total. The van der Waals surface area contributed by atoms with Gasteiger partial charge in [0.05, 0.1) is 0 Å². The SMILES string of the molecule is CC(=Cc1ccc(F)cc1F)CNC1CCCN(C(=O)OC(C)(C)C)C1. The molecule has 1 aliphatic rings. The highest BCUT2D eigenvalue weighted by Gasteiger charge is 2.27. The molecule has 1 aliphatic heterocycles. The molecule has 1 heterocycles. The fourth-order valence-corrected chi connectivity index (χ4v) is 2.88. The van der Waals surface area contributed by atoms with Crippen molar-refractivity contribution in [3.63, 3.8) is 0 Å². The maximum absolute atomic E-state index is 13.7. The van der Waals surface area contributed by atoms with E-state index in [1.165, 1.54) is 12.1 Å². The Bertz CT molecular complexity index is 668. The Morgan fingerprint density at radius 2 is 2.12 bits per heavy atom. The van der Waals surface area contributed by atoms with Crippen molar-refractivity contribution < 1.29 is 18.3 Å². The molecule has 0 radical (unpaired) electrons. The molecule has 1 unspecified atom stereocenters. The minimum Gasteiger partial charge on any atom is -0.444 e. The topological polar surface area (TPSA) is 41.6 Å². The van der Waals surface area contributed by atoms with Crippen molar-refractivity contribution in [1.82, 2.24) is 10.2 Å². The lowest BCUT2D eigenvalue weighted by atomic mass is 10.1. The van der Waals surface area contributed by atoms with Gasteiger partial charge in [-0.25, -0.2) is 13.6 Å². The Hall–Kier alpha value is -1.95. The number of carbonyl (C=O) groups excluding carboxylic acids is 1. The van der Waals surface area contributed by atoms with Gasteiger partial charge in [-0.3, -0.25) is 0 Å². The Balaban J connectivity index is 1.88. The lowest BCUT2D eigenvalue weighted by molar-refractivity contribution is 0.0189. The van der Waals surface area contributed by atoms with Crippen molar-refractivity contribution in [2.75, 3.05) is 19.6 Å². The Labute approximate surface area is 154 Å². The number of piperidine rings is 1. The molecule has 1 saturated heterocycles. The molecule has 6 heteroatoms. The van der Waals surface area contributed by atoms with E-state index in [2.05, 4.69) is 5.32 Å². The van der Waals surface area contributed by atoms with Crippen molar-refractivity contribution in [1.29, 1.82) is 0 Å². The van der Waals surface area contributed by atoms with Gasteiger partial charge in [-0.2, -0.15) is 0 Å². The summed E-state index contributed by atoms with van der Waals surface area (Å²) in [6.45, 7) is 9.32. The van der Waals surface area contributed by atoms with Gasteiger partial charge < -0.3 is 15.0 Å². The van der Waals surface area contributed by atoms with Gasteiger partial charge in [0.25, 0.3) is 0 Å². The van der Waals surface area contributed by atoms with Crippen molar-refractivity contribution >= 4 is 12.2 Å². The summed E-state index contributed by atoms with van der Waals surface area (Å²) in [5.41, 5.74) is 0.797. The van der Waals surface area contributed by atoms with Crippen LogP contribution in [0.2, 0.25) is 0 Å². The zero-order valence-electron chi connectivity index (χ0n) is 15.9. The molecule has 1 N–H and O–H groups in total. The lowest BCUT2D eigenvalue weighted by Gasteiger charge is -2.34. The monoisotopic (exact) mass is 366 g/mol. The number of hydrogen-bond acceptors (Lipinski definition) is 3. The first kappa shape index (κ1) is 20.4. The van der Waals surface area contributed by atoms with Gasteiger partial charge in [0.15, 0.2) is 0 Å². The van der Waals surface area contributed by atoms with E-state index < -0.39 is 17.2 Å². The third kappa shape index (κ3) is 6.41. The highest BCUT2D eigenvalue weighted by molar-refractivity contribution is 5.68. The molecule has 0 aliphatic carbocycles. The summed E-state index contributed by atoms with van der Waals surface area (Å²) in [7, 11) is 0. The molecule has 144 valence electrons. The zero-order valence-corrected chi connectivity index (χ0v) is 15.9. The van der Waals surface area contributed by atoms with Crippen LogP contribution in [0.4, 0.5) is 13.6 Å². The van der Waals surface area contributed by atoms with Crippen LogP contribution >= 0.6 is 0 Å². The van der Waals surface area contributed by atoms with E-state index in [1.54, 1.807) is 11.0 Å². The number of ether oxygens (including phenoxy) is 1. The number of hydrogen-bond donors (Lipinski definition) is 1. The molecule has 1 atom stereocenters. The molecule has 26 heavy (non-hydrogen) atoms. The molecule has 0 aromatic heterocycles. The normalized spacial score (nSPS) is 18.8. The van der Waals surface area contributed by atoms with Gasteiger partial charge >= 0.3 is 6.09 Å². The van der Waals surface area contributed by atoms with Crippen molar-refractivity contribution in [3.8, 4) is 0 Å². The molecular weight excluding hydrogens is 338 g/mol. The average molecular weight is 366 g/mol. The fourth-order valence-electron chi connectivity index (χ4n) is 2.88. The van der Waals surface area contributed by atoms with Gasteiger partial charge in [-0.1, -0.05) is 11.6 Å². The second-order valence-electron chi connectivity index (χ2n) is 7.80. The highest BCUT2D eigenvalue weighted by atomic mass is 19.1. The third-order valence-corrected chi connectivity index (χ3v) is 4.11. The Morgan fingerprint density at radius 1 is 1.38 bits per heavy atom. The fraction of sp³-hybridized carbons (Fsp3) is 0.550. The minimum absolute atomic E-state index is 0.165. The van der Waals surface area contributed by atoms with E-state index in [0.29, 0.717) is 25.2 Å². The van der Waals surface area contributed by atoms with Gasteiger partial charge in [-0.15, -0.1) is 0 Å². The van der Waals surface area contributed by atoms with Crippen molar-refractivity contribution in [2.24, 2.45) is 0 Å². The molecule has 1 amide bonds. The smallest absolute Gasteiger partial charge is 0.410 e. The van der Waals surface area contributed by atoms with Crippen LogP contribution in [0.15, 0.2) is 23.8 Å². The van der Waals surface area contributed by atoms with E-state index in [4.69, 9.17) is 4.74 Å². The van der Waals surface area contributed by atoms with Crippen LogP contribution in [0, 0.1) is 11.6 Å². The van der Waals surface area contributed by atoms with Gasteiger partial charge in [0, 0.05) is 37.3 Å². The summed E-state index contributed by atoms with van der Waals surface area (Å²) in [5.74, 6) is -1.15. The van der Waals surface area contributed by atoms with Gasteiger partial charge in [0.2, 0.25) is 0 Å². The van der Waals surface area contributed by atoms with Crippen molar-refractivity contribution in [3.05, 3.63) is 41.0 Å². The quantitative estimate of drug-likeness (QED) is 0.861. The number of halogens is 2. The Morgan fingerprint density at radius 3 is 2.77 bits per heavy atom. The summed E-state index contributed by atoms with van der Waals surface area (Å²) < 4.78 is 32.1. The molecular formula is C20H28F2N2O2. The third-order valence-electron chi connectivity index (χ3n) is 4.11. The number of amides is 1. The lowest BCUT2D eigenvalue weighted by Crippen LogP contribution is -2.49. The number of carbonyl (C=O) groups is 1. The summed E-state index contributed by atoms with van der Waals surface area (Å²) in [6.07, 6.45) is 3.30. The van der Waals surface area contributed by atoms with Crippen LogP contribution in [0.5, 0.6) is 0 Å². The first-order valence-corrected chi connectivity index (χ1v) is 8.97. The second-order valence-corrected chi connectivity index (χ2v) is 7.80. The predicted octanol–water partition coefficient (Wildman–Crippen LogP) is 4.36. The first-order chi connectivity index (χ1) is 12.1. The molecule has 2 rings (SSSR count). The van der Waals surface area contributed by atoms with Crippen LogP contribution in [0.25, 0.3) is 6.08 Å².